The first kappa shape index (κ1) is 13.2. The minimum absolute atomic E-state index is 0.0470. The van der Waals surface area contributed by atoms with Crippen LogP contribution in [0.5, 0.6) is 0 Å². The van der Waals surface area contributed by atoms with Crippen LogP contribution >= 0.6 is 27.7 Å². The molecule has 0 heterocycles. The number of rotatable bonds is 3. The number of aliphatic hydroxyl groups excluding tert-OH is 1. The van der Waals surface area contributed by atoms with Gasteiger partial charge in [-0.2, -0.15) is 5.26 Å². The number of nitriles is 1. The molecule has 0 unspecified atom stereocenters. The van der Waals surface area contributed by atoms with Gasteiger partial charge in [-0.1, -0.05) is 30.0 Å². The number of hydrogen-bond acceptors (Lipinski definition) is 3. The van der Waals surface area contributed by atoms with Crippen molar-refractivity contribution in [3.05, 3.63) is 58.1 Å². The van der Waals surface area contributed by atoms with E-state index < -0.39 is 0 Å². The van der Waals surface area contributed by atoms with Crippen LogP contribution in [-0.2, 0) is 6.61 Å². The molecule has 2 aromatic rings. The average Bonchev–Trinajstić information content (AvgIpc) is 2.41. The summed E-state index contributed by atoms with van der Waals surface area (Å²) in [5.74, 6) is 0. The smallest absolute Gasteiger partial charge is 0.100 e. The summed E-state index contributed by atoms with van der Waals surface area (Å²) < 4.78 is 1.00. The Hall–Kier alpha value is -1.28. The summed E-state index contributed by atoms with van der Waals surface area (Å²) in [6.07, 6.45) is 0. The lowest BCUT2D eigenvalue weighted by molar-refractivity contribution is 0.281. The molecule has 2 rings (SSSR count). The fourth-order valence-corrected chi connectivity index (χ4v) is 2.93. The molecule has 2 aromatic carbocycles. The topological polar surface area (TPSA) is 44.0 Å². The number of aliphatic hydroxyl groups is 1. The van der Waals surface area contributed by atoms with Gasteiger partial charge < -0.3 is 5.11 Å². The van der Waals surface area contributed by atoms with Crippen molar-refractivity contribution in [2.45, 2.75) is 16.4 Å². The minimum Gasteiger partial charge on any atom is -0.392 e. The van der Waals surface area contributed by atoms with Gasteiger partial charge in [-0.15, -0.1) is 0 Å². The first-order valence-corrected chi connectivity index (χ1v) is 6.92. The van der Waals surface area contributed by atoms with Crippen molar-refractivity contribution < 1.29 is 5.11 Å². The number of benzene rings is 2. The lowest BCUT2D eigenvalue weighted by Gasteiger charge is -2.07. The molecule has 90 valence electrons. The largest absolute Gasteiger partial charge is 0.392 e. The molecule has 18 heavy (non-hydrogen) atoms. The van der Waals surface area contributed by atoms with Crippen molar-refractivity contribution in [3.63, 3.8) is 0 Å². The molecule has 4 heteroatoms. The monoisotopic (exact) mass is 319 g/mol. The SMILES string of the molecule is N#Cc1cc(CO)ccc1Sc1ccccc1Br. The lowest BCUT2D eigenvalue weighted by Crippen LogP contribution is -1.88. The second kappa shape index (κ2) is 6.05. The van der Waals surface area contributed by atoms with E-state index in [1.165, 1.54) is 11.8 Å². The maximum absolute atomic E-state index is 9.13. The van der Waals surface area contributed by atoms with E-state index in [0.717, 1.165) is 19.8 Å². The van der Waals surface area contributed by atoms with Gasteiger partial charge in [0, 0.05) is 14.3 Å². The van der Waals surface area contributed by atoms with Crippen molar-refractivity contribution in [2.75, 3.05) is 0 Å². The van der Waals surface area contributed by atoms with Gasteiger partial charge in [0.2, 0.25) is 0 Å². The van der Waals surface area contributed by atoms with E-state index >= 15 is 0 Å². The Labute approximate surface area is 118 Å². The van der Waals surface area contributed by atoms with Crippen LogP contribution in [0.1, 0.15) is 11.1 Å². The van der Waals surface area contributed by atoms with Crippen molar-refractivity contribution in [1.82, 2.24) is 0 Å². The maximum atomic E-state index is 9.13. The summed E-state index contributed by atoms with van der Waals surface area (Å²) in [6, 6.07) is 15.5. The maximum Gasteiger partial charge on any atom is 0.100 e. The fourth-order valence-electron chi connectivity index (χ4n) is 1.50. The third kappa shape index (κ3) is 2.94. The van der Waals surface area contributed by atoms with Gasteiger partial charge in [-0.25, -0.2) is 0 Å². The van der Waals surface area contributed by atoms with E-state index in [1.54, 1.807) is 6.07 Å². The highest BCUT2D eigenvalue weighted by atomic mass is 79.9. The van der Waals surface area contributed by atoms with Gasteiger partial charge in [-0.05, 0) is 45.8 Å². The van der Waals surface area contributed by atoms with Gasteiger partial charge in [0.15, 0.2) is 0 Å². The zero-order valence-corrected chi connectivity index (χ0v) is 11.8. The lowest BCUT2D eigenvalue weighted by atomic mass is 10.1. The van der Waals surface area contributed by atoms with Gasteiger partial charge in [0.05, 0.1) is 12.2 Å². The highest BCUT2D eigenvalue weighted by Gasteiger charge is 2.07. The van der Waals surface area contributed by atoms with Crippen LogP contribution in [0, 0.1) is 11.3 Å². The Morgan fingerprint density at radius 1 is 1.17 bits per heavy atom. The molecule has 0 aliphatic carbocycles. The molecule has 0 saturated carbocycles. The third-order valence-electron chi connectivity index (χ3n) is 2.40. The van der Waals surface area contributed by atoms with Gasteiger partial charge in [-0.3, -0.25) is 0 Å². The average molecular weight is 320 g/mol. The molecule has 0 saturated heterocycles. The van der Waals surface area contributed by atoms with Crippen LogP contribution in [0.15, 0.2) is 56.7 Å². The Bertz CT molecular complexity index is 607. The van der Waals surface area contributed by atoms with E-state index in [-0.39, 0.29) is 6.61 Å². The first-order valence-electron chi connectivity index (χ1n) is 5.31. The number of halogens is 1. The summed E-state index contributed by atoms with van der Waals surface area (Å²) in [4.78, 5) is 1.95. The third-order valence-corrected chi connectivity index (χ3v) is 4.51. The van der Waals surface area contributed by atoms with Crippen molar-refractivity contribution >= 4 is 27.7 Å². The van der Waals surface area contributed by atoms with Crippen molar-refractivity contribution in [1.29, 1.82) is 5.26 Å². The summed E-state index contributed by atoms with van der Waals surface area (Å²) in [7, 11) is 0. The van der Waals surface area contributed by atoms with E-state index in [4.69, 9.17) is 10.4 Å². The summed E-state index contributed by atoms with van der Waals surface area (Å²) in [5, 5.41) is 18.2. The Morgan fingerprint density at radius 3 is 2.61 bits per heavy atom. The van der Waals surface area contributed by atoms with Gasteiger partial charge in [0.25, 0.3) is 0 Å². The predicted octanol–water partition coefficient (Wildman–Crippen LogP) is 3.96. The molecule has 0 spiro atoms. The highest BCUT2D eigenvalue weighted by molar-refractivity contribution is 9.10. The minimum atomic E-state index is -0.0470. The number of hydrogen-bond donors (Lipinski definition) is 1. The molecule has 0 bridgehead atoms. The van der Waals surface area contributed by atoms with Crippen molar-refractivity contribution in [2.24, 2.45) is 0 Å². The van der Waals surface area contributed by atoms with E-state index in [0.29, 0.717) is 5.56 Å². The highest BCUT2D eigenvalue weighted by Crippen LogP contribution is 2.35. The molecule has 0 aliphatic heterocycles. The molecule has 0 aromatic heterocycles. The van der Waals surface area contributed by atoms with Crippen LogP contribution in [0.2, 0.25) is 0 Å². The summed E-state index contributed by atoms with van der Waals surface area (Å²) in [6.45, 7) is -0.0470. The van der Waals surface area contributed by atoms with Gasteiger partial charge >= 0.3 is 0 Å². The van der Waals surface area contributed by atoms with E-state index in [9.17, 15) is 0 Å². The second-order valence-corrected chi connectivity index (χ2v) is 5.57. The molecule has 1 N–H and O–H groups in total. The van der Waals surface area contributed by atoms with Crippen LogP contribution in [-0.4, -0.2) is 5.11 Å². The molecular formula is C14H10BrNOS. The standard InChI is InChI=1S/C14H10BrNOS/c15-12-3-1-2-4-14(12)18-13-6-5-10(9-17)7-11(13)8-16/h1-7,17H,9H2. The molecular weight excluding hydrogens is 310 g/mol. The normalized spacial score (nSPS) is 10.1. The van der Waals surface area contributed by atoms with Crippen LogP contribution in [0.25, 0.3) is 0 Å². The predicted molar refractivity (Wildman–Crippen MR) is 75.3 cm³/mol. The second-order valence-electron chi connectivity index (χ2n) is 3.63. The molecule has 0 atom stereocenters. The molecule has 0 fully saturated rings. The van der Waals surface area contributed by atoms with Crippen molar-refractivity contribution in [3.8, 4) is 6.07 Å². The molecule has 0 amide bonds. The summed E-state index contributed by atoms with van der Waals surface area (Å²) in [5.41, 5.74) is 1.34. The van der Waals surface area contributed by atoms with E-state index in [2.05, 4.69) is 22.0 Å². The quantitative estimate of drug-likeness (QED) is 0.931. The Balaban J connectivity index is 2.35. The summed E-state index contributed by atoms with van der Waals surface area (Å²) >= 11 is 5.02. The first-order chi connectivity index (χ1) is 8.74. The fraction of sp³-hybridized carbons (Fsp3) is 0.0714. The van der Waals surface area contributed by atoms with Crippen LogP contribution in [0.3, 0.4) is 0 Å². The van der Waals surface area contributed by atoms with Crippen LogP contribution < -0.4 is 0 Å². The number of nitrogens with zero attached hydrogens (tertiary/aromatic N) is 1. The molecule has 0 radical (unpaired) electrons. The molecule has 0 aliphatic rings. The Morgan fingerprint density at radius 2 is 1.94 bits per heavy atom. The van der Waals surface area contributed by atoms with E-state index in [1.807, 2.05) is 36.4 Å². The van der Waals surface area contributed by atoms with Gasteiger partial charge in [0.1, 0.15) is 6.07 Å². The molecule has 2 nitrogen and oxygen atoms in total. The zero-order chi connectivity index (χ0) is 13.0. The van der Waals surface area contributed by atoms with Crippen LogP contribution in [0.4, 0.5) is 0 Å². The zero-order valence-electron chi connectivity index (χ0n) is 9.43. The Kier molecular flexibility index (Phi) is 4.43.